The van der Waals surface area contributed by atoms with E-state index in [1.54, 1.807) is 11.3 Å². The van der Waals surface area contributed by atoms with E-state index in [0.29, 0.717) is 11.6 Å². The molecule has 0 N–H and O–H groups in total. The van der Waals surface area contributed by atoms with Gasteiger partial charge in [-0.15, -0.1) is 11.3 Å². The highest BCUT2D eigenvalue weighted by atomic mass is 35.5. The normalized spacial score (nSPS) is 11.4. The van der Waals surface area contributed by atoms with E-state index < -0.39 is 5.97 Å². The maximum Gasteiger partial charge on any atom is 0.346 e. The number of hydrogen-bond acceptors (Lipinski definition) is 7. The average molecular weight is 611 g/mol. The Labute approximate surface area is 259 Å². The van der Waals surface area contributed by atoms with Crippen LogP contribution >= 0.6 is 22.9 Å². The Hall–Kier alpha value is -4.11. The molecule has 0 bridgehead atoms. The third-order valence-corrected chi connectivity index (χ3v) is 8.83. The summed E-state index contributed by atoms with van der Waals surface area (Å²) in [6.07, 6.45) is 5.58. The lowest BCUT2D eigenvalue weighted by Gasteiger charge is -2.14. The van der Waals surface area contributed by atoms with Gasteiger partial charge in [-0.05, 0) is 79.4 Å². The number of hydrogen-bond donors (Lipinski definition) is 0. The molecule has 7 nitrogen and oxygen atoms in total. The lowest BCUT2D eigenvalue weighted by atomic mass is 9.93. The quantitative estimate of drug-likeness (QED) is 0.0876. The fraction of sp³-hybridized carbons (Fsp3) is 0.235. The molecule has 0 atom stereocenters. The maximum atomic E-state index is 12.8. The number of benzene rings is 3. The van der Waals surface area contributed by atoms with Crippen LogP contribution in [0.2, 0.25) is 5.02 Å². The standard InChI is InChI=1S/C34H31ClN4O3S/c1-4-6-15-41-42-31(40)19-27-21(3)16-29-33(32(27)22-7-10-26(35)11-8-22)43-34(38-29)24-13-14-36-28(18-24)23-9-12-30-25(17-23)20-37-39(30)5-2/h7-14,16-18,20H,4-6,15,19H2,1-3H3. The van der Waals surface area contributed by atoms with Crippen molar-refractivity contribution in [1.82, 2.24) is 19.7 Å². The van der Waals surface area contributed by atoms with Gasteiger partial charge >= 0.3 is 5.97 Å². The van der Waals surface area contributed by atoms with E-state index in [2.05, 4.69) is 48.2 Å². The molecule has 0 saturated heterocycles. The van der Waals surface area contributed by atoms with E-state index in [9.17, 15) is 4.79 Å². The van der Waals surface area contributed by atoms with Gasteiger partial charge in [-0.1, -0.05) is 43.1 Å². The smallest absolute Gasteiger partial charge is 0.298 e. The summed E-state index contributed by atoms with van der Waals surface area (Å²) in [7, 11) is 0. The highest BCUT2D eigenvalue weighted by molar-refractivity contribution is 7.22. The SMILES string of the molecule is CCCCOOC(=O)Cc1c(C)cc2nc(-c3ccnc(-c4ccc5c(cnn5CC)c4)c3)sc2c1-c1ccc(Cl)cc1. The van der Waals surface area contributed by atoms with Crippen LogP contribution in [0, 0.1) is 6.92 Å². The van der Waals surface area contributed by atoms with Gasteiger partial charge in [0.1, 0.15) is 5.01 Å². The summed E-state index contributed by atoms with van der Waals surface area (Å²) in [4.78, 5) is 32.8. The number of fused-ring (bicyclic) bond motifs is 2. The third-order valence-electron chi connectivity index (χ3n) is 7.44. The van der Waals surface area contributed by atoms with Crippen LogP contribution < -0.4 is 0 Å². The third kappa shape index (κ3) is 6.04. The zero-order valence-electron chi connectivity index (χ0n) is 24.3. The van der Waals surface area contributed by atoms with E-state index in [1.165, 1.54) is 0 Å². The predicted octanol–water partition coefficient (Wildman–Crippen LogP) is 8.84. The number of carbonyl (C=O) groups is 1. The number of pyridine rings is 1. The van der Waals surface area contributed by atoms with Crippen molar-refractivity contribution in [3.8, 4) is 33.0 Å². The van der Waals surface area contributed by atoms with Crippen molar-refractivity contribution in [3.63, 3.8) is 0 Å². The average Bonchev–Trinajstić information content (AvgIpc) is 3.64. The molecule has 9 heteroatoms. The fourth-order valence-corrected chi connectivity index (χ4v) is 6.47. The first-order chi connectivity index (χ1) is 20.9. The van der Waals surface area contributed by atoms with Gasteiger partial charge < -0.3 is 0 Å². The Morgan fingerprint density at radius 2 is 1.81 bits per heavy atom. The Morgan fingerprint density at radius 3 is 2.60 bits per heavy atom. The number of aryl methyl sites for hydroxylation is 2. The van der Waals surface area contributed by atoms with Crippen molar-refractivity contribution in [1.29, 1.82) is 0 Å². The van der Waals surface area contributed by atoms with Gasteiger partial charge in [0.25, 0.3) is 0 Å². The van der Waals surface area contributed by atoms with Crippen molar-refractivity contribution in [3.05, 3.63) is 89.2 Å². The first kappa shape index (κ1) is 29.0. The first-order valence-electron chi connectivity index (χ1n) is 14.4. The van der Waals surface area contributed by atoms with Crippen molar-refractivity contribution < 1.29 is 14.6 Å². The van der Waals surface area contributed by atoms with Crippen LogP contribution in [0.25, 0.3) is 54.1 Å². The molecule has 0 spiro atoms. The number of nitrogens with zero attached hydrogens (tertiary/aromatic N) is 4. The summed E-state index contributed by atoms with van der Waals surface area (Å²) >= 11 is 7.83. The minimum absolute atomic E-state index is 0.0790. The first-order valence-corrected chi connectivity index (χ1v) is 15.6. The molecule has 0 saturated carbocycles. The lowest BCUT2D eigenvalue weighted by Crippen LogP contribution is -2.11. The summed E-state index contributed by atoms with van der Waals surface area (Å²) < 4.78 is 2.97. The molecule has 3 aromatic heterocycles. The second-order valence-corrected chi connectivity index (χ2v) is 11.8. The Bertz CT molecular complexity index is 1930. The molecule has 43 heavy (non-hydrogen) atoms. The summed E-state index contributed by atoms with van der Waals surface area (Å²) in [5.74, 6) is -0.432. The van der Waals surface area contributed by atoms with Crippen molar-refractivity contribution in [2.24, 2.45) is 0 Å². The maximum absolute atomic E-state index is 12.8. The van der Waals surface area contributed by atoms with Gasteiger partial charge in [0.05, 0.1) is 40.7 Å². The van der Waals surface area contributed by atoms with Crippen LogP contribution in [0.5, 0.6) is 0 Å². The fourth-order valence-electron chi connectivity index (χ4n) is 5.21. The topological polar surface area (TPSA) is 79.1 Å². The van der Waals surface area contributed by atoms with Gasteiger partial charge in [0.2, 0.25) is 0 Å². The molecular weight excluding hydrogens is 580 g/mol. The summed E-state index contributed by atoms with van der Waals surface area (Å²) in [5.41, 5.74) is 8.57. The zero-order valence-corrected chi connectivity index (χ0v) is 25.8. The van der Waals surface area contributed by atoms with Gasteiger partial charge in [-0.3, -0.25) is 14.6 Å². The molecule has 0 aliphatic carbocycles. The number of aromatic nitrogens is 4. The predicted molar refractivity (Wildman–Crippen MR) is 173 cm³/mol. The molecule has 3 aromatic carbocycles. The van der Waals surface area contributed by atoms with E-state index >= 15 is 0 Å². The molecule has 3 heterocycles. The van der Waals surface area contributed by atoms with E-state index in [4.69, 9.17) is 26.4 Å². The Morgan fingerprint density at radius 1 is 1.00 bits per heavy atom. The highest BCUT2D eigenvalue weighted by Gasteiger charge is 2.21. The van der Waals surface area contributed by atoms with Crippen molar-refractivity contribution in [2.75, 3.05) is 6.61 Å². The molecule has 6 rings (SSSR count). The Kier molecular flexibility index (Phi) is 8.51. The van der Waals surface area contributed by atoms with E-state index in [0.717, 1.165) is 84.6 Å². The summed E-state index contributed by atoms with van der Waals surface area (Å²) in [6.45, 7) is 7.34. The molecule has 6 aromatic rings. The second kappa shape index (κ2) is 12.6. The molecule has 0 aliphatic rings. The van der Waals surface area contributed by atoms with Gasteiger partial charge in [-0.25, -0.2) is 9.78 Å². The van der Waals surface area contributed by atoms with Crippen molar-refractivity contribution in [2.45, 2.75) is 46.6 Å². The van der Waals surface area contributed by atoms with Crippen LogP contribution in [0.4, 0.5) is 0 Å². The zero-order chi connectivity index (χ0) is 29.9. The summed E-state index contributed by atoms with van der Waals surface area (Å²) in [5, 5.41) is 7.07. The monoisotopic (exact) mass is 610 g/mol. The number of carbonyl (C=O) groups excluding carboxylic acids is 1. The number of unbranched alkanes of at least 4 members (excludes halogenated alkanes) is 1. The second-order valence-electron chi connectivity index (χ2n) is 10.4. The van der Waals surface area contributed by atoms with Crippen LogP contribution in [-0.4, -0.2) is 32.3 Å². The minimum atomic E-state index is -0.432. The largest absolute Gasteiger partial charge is 0.346 e. The van der Waals surface area contributed by atoms with Gasteiger partial charge in [-0.2, -0.15) is 9.99 Å². The molecule has 0 fully saturated rings. The van der Waals surface area contributed by atoms with E-state index in [-0.39, 0.29) is 6.42 Å². The number of halogens is 1. The lowest BCUT2D eigenvalue weighted by molar-refractivity contribution is -0.272. The van der Waals surface area contributed by atoms with Crippen LogP contribution in [0.3, 0.4) is 0 Å². The minimum Gasteiger partial charge on any atom is -0.298 e. The van der Waals surface area contributed by atoms with Crippen LogP contribution in [0.1, 0.15) is 37.8 Å². The van der Waals surface area contributed by atoms with Crippen LogP contribution in [-0.2, 0) is 27.5 Å². The van der Waals surface area contributed by atoms with Gasteiger partial charge in [0, 0.05) is 39.8 Å². The molecule has 0 radical (unpaired) electrons. The highest BCUT2D eigenvalue weighted by Crippen LogP contribution is 2.41. The Balaban J connectivity index is 1.40. The van der Waals surface area contributed by atoms with Crippen molar-refractivity contribution >= 4 is 50.0 Å². The molecule has 0 unspecified atom stereocenters. The number of thiazole rings is 1. The van der Waals surface area contributed by atoms with Gasteiger partial charge in [0.15, 0.2) is 0 Å². The summed E-state index contributed by atoms with van der Waals surface area (Å²) in [6, 6.07) is 20.1. The molecule has 218 valence electrons. The molecule has 0 amide bonds. The molecular formula is C34H31ClN4O3S. The number of rotatable bonds is 10. The van der Waals surface area contributed by atoms with E-state index in [1.807, 2.05) is 60.4 Å². The van der Waals surface area contributed by atoms with Crippen LogP contribution in [0.15, 0.2) is 73.1 Å². The molecule has 0 aliphatic heterocycles.